The van der Waals surface area contributed by atoms with E-state index in [1.165, 1.54) is 22.8 Å². The molecule has 29 heavy (non-hydrogen) atoms. The number of hydrogen-bond donors (Lipinski definition) is 2. The number of aliphatic hydroxyl groups excluding tert-OH is 1. The number of rotatable bonds is 6. The average molecular weight is 437 g/mol. The van der Waals surface area contributed by atoms with Gasteiger partial charge in [0.2, 0.25) is 10.0 Å². The first-order valence-corrected chi connectivity index (χ1v) is 11.9. The lowest BCUT2D eigenvalue weighted by Gasteiger charge is -2.28. The van der Waals surface area contributed by atoms with Gasteiger partial charge in [-0.3, -0.25) is 4.57 Å². The summed E-state index contributed by atoms with van der Waals surface area (Å²) in [6.07, 6.45) is 3.38. The minimum Gasteiger partial charge on any atom is -0.408 e. The Morgan fingerprint density at radius 1 is 1.28 bits per heavy atom. The highest BCUT2D eigenvalue weighted by molar-refractivity contribution is 7.89. The van der Waals surface area contributed by atoms with Gasteiger partial charge >= 0.3 is 5.76 Å². The van der Waals surface area contributed by atoms with E-state index in [1.807, 2.05) is 12.1 Å². The second-order valence-corrected chi connectivity index (χ2v) is 10.6. The molecule has 1 aliphatic carbocycles. The normalized spacial score (nSPS) is 17.8. The second kappa shape index (κ2) is 7.39. The summed E-state index contributed by atoms with van der Waals surface area (Å²) >= 11 is 1.55. The number of hydrogen-bond acceptors (Lipinski definition) is 6. The van der Waals surface area contributed by atoms with Crippen LogP contribution in [0.4, 0.5) is 0 Å². The number of aliphatic hydroxyl groups is 1. The molecule has 1 aromatic carbocycles. The summed E-state index contributed by atoms with van der Waals surface area (Å²) < 4.78 is 35.1. The van der Waals surface area contributed by atoms with Crippen molar-refractivity contribution in [3.05, 3.63) is 50.6 Å². The lowest BCUT2D eigenvalue weighted by atomic mass is 9.85. The van der Waals surface area contributed by atoms with Gasteiger partial charge in [-0.15, -0.1) is 11.3 Å². The van der Waals surface area contributed by atoms with Crippen LogP contribution in [0.5, 0.6) is 0 Å². The number of thiophene rings is 1. The van der Waals surface area contributed by atoms with E-state index >= 15 is 0 Å². The molecule has 2 N–H and O–H groups in total. The molecule has 1 atom stereocenters. The lowest BCUT2D eigenvalue weighted by molar-refractivity contribution is 0.203. The molecule has 0 radical (unpaired) electrons. The van der Waals surface area contributed by atoms with E-state index in [9.17, 15) is 18.3 Å². The van der Waals surface area contributed by atoms with Crippen LogP contribution in [0, 0.1) is 0 Å². The molecule has 2 heterocycles. The second-order valence-electron chi connectivity index (χ2n) is 7.75. The molecule has 9 heteroatoms. The summed E-state index contributed by atoms with van der Waals surface area (Å²) in [6.45, 7) is 2.04. The maximum absolute atomic E-state index is 13.0. The zero-order valence-electron chi connectivity index (χ0n) is 16.3. The third kappa shape index (κ3) is 3.68. The minimum absolute atomic E-state index is 0.102. The molecule has 1 fully saturated rings. The molecule has 2 aromatic heterocycles. The van der Waals surface area contributed by atoms with Crippen molar-refractivity contribution in [3.63, 3.8) is 0 Å². The molecule has 3 aromatic rings. The van der Waals surface area contributed by atoms with Gasteiger partial charge in [0.25, 0.3) is 0 Å². The Balaban J connectivity index is 1.61. The van der Waals surface area contributed by atoms with Crippen LogP contribution < -0.4 is 10.5 Å². The van der Waals surface area contributed by atoms with Crippen molar-refractivity contribution in [1.29, 1.82) is 0 Å². The van der Waals surface area contributed by atoms with Crippen molar-refractivity contribution in [3.8, 4) is 0 Å². The van der Waals surface area contributed by atoms with Gasteiger partial charge in [0, 0.05) is 28.8 Å². The number of aromatic nitrogens is 1. The topological polar surface area (TPSA) is 102 Å². The van der Waals surface area contributed by atoms with Gasteiger partial charge in [0.05, 0.1) is 16.5 Å². The molecule has 156 valence electrons. The van der Waals surface area contributed by atoms with Crippen LogP contribution in [-0.4, -0.2) is 24.6 Å². The Morgan fingerprint density at radius 2 is 2.00 bits per heavy atom. The Hall–Kier alpha value is -1.94. The highest BCUT2D eigenvalue weighted by atomic mass is 32.2. The third-order valence-corrected chi connectivity index (χ3v) is 8.70. The summed E-state index contributed by atoms with van der Waals surface area (Å²) in [4.78, 5) is 13.8. The fraction of sp³-hybridized carbons (Fsp3) is 0.450. The van der Waals surface area contributed by atoms with Gasteiger partial charge in [-0.1, -0.05) is 12.8 Å². The maximum Gasteiger partial charge on any atom is 0.419 e. The molecule has 7 nitrogen and oxygen atoms in total. The fourth-order valence-electron chi connectivity index (χ4n) is 4.01. The lowest BCUT2D eigenvalue weighted by Crippen LogP contribution is -2.38. The number of nitrogens with zero attached hydrogens (tertiary/aromatic N) is 1. The van der Waals surface area contributed by atoms with Crippen molar-refractivity contribution < 1.29 is 17.9 Å². The minimum atomic E-state index is -3.75. The highest BCUT2D eigenvalue weighted by Crippen LogP contribution is 2.44. The molecular weight excluding hydrogens is 412 g/mol. The quantitative estimate of drug-likeness (QED) is 0.618. The van der Waals surface area contributed by atoms with E-state index in [0.29, 0.717) is 17.6 Å². The van der Waals surface area contributed by atoms with E-state index in [0.717, 1.165) is 35.4 Å². The third-order valence-electron chi connectivity index (χ3n) is 5.80. The maximum atomic E-state index is 13.0. The fourth-order valence-corrected chi connectivity index (χ4v) is 6.35. The molecule has 1 unspecified atom stereocenters. The van der Waals surface area contributed by atoms with Gasteiger partial charge < -0.3 is 9.52 Å². The Kier molecular flexibility index (Phi) is 5.18. The number of fused-ring (bicyclic) bond motifs is 1. The Bertz CT molecular complexity index is 1200. The summed E-state index contributed by atoms with van der Waals surface area (Å²) in [5.41, 5.74) is 0.540. The van der Waals surface area contributed by atoms with Crippen molar-refractivity contribution in [2.75, 3.05) is 6.54 Å². The summed E-state index contributed by atoms with van der Waals surface area (Å²) in [5, 5.41) is 9.85. The number of oxazole rings is 1. The van der Waals surface area contributed by atoms with Crippen LogP contribution in [0.15, 0.2) is 44.4 Å². The molecule has 0 saturated heterocycles. The number of benzene rings is 1. The van der Waals surface area contributed by atoms with E-state index in [4.69, 9.17) is 4.42 Å². The molecule has 0 spiro atoms. The summed E-state index contributed by atoms with van der Waals surface area (Å²) in [7, 11) is -2.21. The summed E-state index contributed by atoms with van der Waals surface area (Å²) in [5.74, 6) is -0.529. The zero-order chi connectivity index (χ0) is 20.8. The molecule has 0 amide bonds. The van der Waals surface area contributed by atoms with E-state index in [1.54, 1.807) is 25.3 Å². The van der Waals surface area contributed by atoms with Crippen LogP contribution in [0.1, 0.15) is 48.5 Å². The molecule has 0 bridgehead atoms. The van der Waals surface area contributed by atoms with Gasteiger partial charge in [0.1, 0.15) is 0 Å². The SMILES string of the molecule is CC(O)c1ccc(C2(CNS(=O)(=O)c3ccc4oc(=O)n(C)c4c3)CCCC2)s1. The molecule has 1 saturated carbocycles. The predicted octanol–water partition coefficient (Wildman–Crippen LogP) is 3.04. The predicted molar refractivity (Wildman–Crippen MR) is 112 cm³/mol. The van der Waals surface area contributed by atoms with Crippen LogP contribution >= 0.6 is 11.3 Å². The first kappa shape index (κ1) is 20.3. The Morgan fingerprint density at radius 3 is 2.66 bits per heavy atom. The van der Waals surface area contributed by atoms with Crippen LogP contribution in [0.3, 0.4) is 0 Å². The van der Waals surface area contributed by atoms with Crippen molar-refractivity contribution >= 4 is 32.5 Å². The first-order valence-electron chi connectivity index (χ1n) is 9.59. The van der Waals surface area contributed by atoms with Gasteiger partial charge in [-0.05, 0) is 50.1 Å². The standard InChI is InChI=1S/C20H24N2O5S2/c1-13(23)17-7-8-18(28-17)20(9-3-4-10-20)12-21-29(25,26)14-5-6-16-15(11-14)22(2)19(24)27-16/h5-8,11,13,21,23H,3-4,9-10,12H2,1-2H3. The number of aryl methyl sites for hydroxylation is 1. The van der Waals surface area contributed by atoms with Crippen LogP contribution in [-0.2, 0) is 22.5 Å². The van der Waals surface area contributed by atoms with E-state index in [2.05, 4.69) is 4.72 Å². The first-order chi connectivity index (χ1) is 13.7. The van der Waals surface area contributed by atoms with E-state index < -0.39 is 21.9 Å². The molecule has 4 rings (SSSR count). The zero-order valence-corrected chi connectivity index (χ0v) is 18.0. The monoisotopic (exact) mass is 436 g/mol. The average Bonchev–Trinajstić information content (AvgIpc) is 3.41. The van der Waals surface area contributed by atoms with Gasteiger partial charge in [-0.2, -0.15) is 0 Å². The van der Waals surface area contributed by atoms with Gasteiger partial charge in [-0.25, -0.2) is 17.9 Å². The number of sulfonamides is 1. The largest absolute Gasteiger partial charge is 0.419 e. The van der Waals surface area contributed by atoms with E-state index in [-0.39, 0.29) is 10.3 Å². The molecule has 1 aliphatic rings. The summed E-state index contributed by atoms with van der Waals surface area (Å²) in [6, 6.07) is 8.35. The Labute approximate surface area is 173 Å². The molecule has 0 aliphatic heterocycles. The highest BCUT2D eigenvalue weighted by Gasteiger charge is 2.38. The van der Waals surface area contributed by atoms with Crippen molar-refractivity contribution in [2.24, 2.45) is 7.05 Å². The van der Waals surface area contributed by atoms with Crippen LogP contribution in [0.2, 0.25) is 0 Å². The molecular formula is C20H24N2O5S2. The van der Waals surface area contributed by atoms with Gasteiger partial charge in [0.15, 0.2) is 5.58 Å². The van der Waals surface area contributed by atoms with Crippen LogP contribution in [0.25, 0.3) is 11.1 Å². The van der Waals surface area contributed by atoms with Crippen molar-refractivity contribution in [2.45, 2.75) is 49.0 Å². The smallest absolute Gasteiger partial charge is 0.408 e. The number of nitrogens with one attached hydrogen (secondary N) is 1. The van der Waals surface area contributed by atoms with Crippen molar-refractivity contribution in [1.82, 2.24) is 9.29 Å².